The quantitative estimate of drug-likeness (QED) is 0.834. The monoisotopic (exact) mass is 291 g/mol. The maximum Gasteiger partial charge on any atom is 0.339 e. The molecule has 0 aliphatic heterocycles. The van der Waals surface area contributed by atoms with Crippen LogP contribution in [0, 0.1) is 0 Å². The molecule has 2 aromatic heterocycles. The molecule has 0 atom stereocenters. The molecule has 0 saturated carbocycles. The lowest BCUT2D eigenvalue weighted by Crippen LogP contribution is -2.24. The molecule has 0 radical (unpaired) electrons. The third kappa shape index (κ3) is 2.93. The van der Waals surface area contributed by atoms with E-state index in [2.05, 4.69) is 15.4 Å². The Labute approximate surface area is 121 Å². The van der Waals surface area contributed by atoms with E-state index in [9.17, 15) is 14.7 Å². The fourth-order valence-electron chi connectivity index (χ4n) is 1.97. The highest BCUT2D eigenvalue weighted by Gasteiger charge is 2.17. The van der Waals surface area contributed by atoms with E-state index in [1.807, 2.05) is 0 Å². The second-order valence-corrected chi connectivity index (χ2v) is 4.82. The highest BCUT2D eigenvalue weighted by atomic mass is 16.4. The summed E-state index contributed by atoms with van der Waals surface area (Å²) < 4.78 is 1.57. The van der Waals surface area contributed by atoms with Crippen LogP contribution in [0.15, 0.2) is 12.4 Å². The molecule has 8 heteroatoms. The molecule has 2 heterocycles. The van der Waals surface area contributed by atoms with E-state index in [4.69, 9.17) is 0 Å². The molecule has 2 rings (SSSR count). The number of carbonyl (C=O) groups excluding carboxylic acids is 1. The van der Waals surface area contributed by atoms with Gasteiger partial charge in [-0.1, -0.05) is 0 Å². The lowest BCUT2D eigenvalue weighted by atomic mass is 10.1. The lowest BCUT2D eigenvalue weighted by molar-refractivity contribution is -0.128. The molecule has 2 aromatic rings. The number of rotatable bonds is 5. The number of aromatic carboxylic acids is 1. The zero-order valence-corrected chi connectivity index (χ0v) is 12.1. The molecule has 1 amide bonds. The van der Waals surface area contributed by atoms with Crippen LogP contribution in [-0.2, 0) is 11.8 Å². The molecule has 0 aliphatic carbocycles. The second-order valence-electron chi connectivity index (χ2n) is 4.82. The van der Waals surface area contributed by atoms with Gasteiger partial charge in [-0.15, -0.1) is 0 Å². The zero-order chi connectivity index (χ0) is 15.6. The van der Waals surface area contributed by atoms with E-state index in [1.54, 1.807) is 32.0 Å². The molecule has 0 unspecified atom stereocenters. The summed E-state index contributed by atoms with van der Waals surface area (Å²) in [5.74, 6) is -1.11. The summed E-state index contributed by atoms with van der Waals surface area (Å²) in [5.41, 5.74) is 1.08. The number of anilines is 1. The molecular formula is C13H17N5O3. The Bertz CT molecular complexity index is 692. The number of carboxylic acid groups (broad SMARTS) is 1. The Hall–Kier alpha value is -2.64. The fraction of sp³-hybridized carbons (Fsp3) is 0.385. The highest BCUT2D eigenvalue weighted by molar-refractivity contribution is 6.03. The van der Waals surface area contributed by atoms with Crippen molar-refractivity contribution in [2.75, 3.05) is 26.0 Å². The molecule has 0 saturated heterocycles. The lowest BCUT2D eigenvalue weighted by Gasteiger charge is -2.13. The Morgan fingerprint density at radius 2 is 2.10 bits per heavy atom. The first-order valence-electron chi connectivity index (χ1n) is 6.40. The third-order valence-corrected chi connectivity index (χ3v) is 3.13. The minimum Gasteiger partial charge on any atom is -0.478 e. The number of pyridine rings is 1. The minimum atomic E-state index is -1.07. The summed E-state index contributed by atoms with van der Waals surface area (Å²) in [4.78, 5) is 28.4. The molecule has 2 N–H and O–H groups in total. The van der Waals surface area contributed by atoms with Gasteiger partial charge >= 0.3 is 5.97 Å². The third-order valence-electron chi connectivity index (χ3n) is 3.13. The van der Waals surface area contributed by atoms with Gasteiger partial charge in [0.15, 0.2) is 5.65 Å². The Morgan fingerprint density at radius 1 is 1.38 bits per heavy atom. The first-order chi connectivity index (χ1) is 9.91. The minimum absolute atomic E-state index is 0.0316. The molecule has 21 heavy (non-hydrogen) atoms. The van der Waals surface area contributed by atoms with Crippen LogP contribution in [0.4, 0.5) is 5.69 Å². The summed E-state index contributed by atoms with van der Waals surface area (Å²) in [7, 11) is 5.09. The number of aromatic nitrogens is 3. The van der Waals surface area contributed by atoms with Crippen LogP contribution in [0.3, 0.4) is 0 Å². The van der Waals surface area contributed by atoms with Gasteiger partial charge in [0.2, 0.25) is 5.91 Å². The van der Waals surface area contributed by atoms with E-state index in [0.29, 0.717) is 23.3 Å². The SMILES string of the molecule is CN(C)C(=O)CCNc1c(C(=O)O)cnc2c1cnn2C. The second kappa shape index (κ2) is 5.78. The van der Waals surface area contributed by atoms with Crippen LogP contribution in [-0.4, -0.2) is 57.3 Å². The smallest absolute Gasteiger partial charge is 0.339 e. The van der Waals surface area contributed by atoms with Crippen molar-refractivity contribution in [3.05, 3.63) is 18.0 Å². The maximum atomic E-state index is 11.6. The maximum absolute atomic E-state index is 11.6. The topological polar surface area (TPSA) is 100 Å². The molecule has 0 aromatic carbocycles. The van der Waals surface area contributed by atoms with E-state index in [0.717, 1.165) is 0 Å². The Kier molecular flexibility index (Phi) is 4.06. The molecule has 0 aliphatic rings. The number of carbonyl (C=O) groups is 2. The van der Waals surface area contributed by atoms with Gasteiger partial charge in [0.25, 0.3) is 0 Å². The van der Waals surface area contributed by atoms with Gasteiger partial charge in [-0.25, -0.2) is 9.78 Å². The summed E-state index contributed by atoms with van der Waals surface area (Å²) in [6, 6.07) is 0. The van der Waals surface area contributed by atoms with Crippen molar-refractivity contribution >= 4 is 28.6 Å². The number of hydrogen-bond acceptors (Lipinski definition) is 5. The van der Waals surface area contributed by atoms with Gasteiger partial charge in [0.05, 0.1) is 17.3 Å². The molecule has 112 valence electrons. The number of nitrogens with zero attached hydrogens (tertiary/aromatic N) is 4. The van der Waals surface area contributed by atoms with E-state index < -0.39 is 5.97 Å². The first kappa shape index (κ1) is 14.8. The average molecular weight is 291 g/mol. The molecule has 8 nitrogen and oxygen atoms in total. The Balaban J connectivity index is 2.29. The fourth-order valence-corrected chi connectivity index (χ4v) is 1.97. The number of hydrogen-bond donors (Lipinski definition) is 2. The van der Waals surface area contributed by atoms with Gasteiger partial charge in [0, 0.05) is 40.3 Å². The number of nitrogens with one attached hydrogen (secondary N) is 1. The van der Waals surface area contributed by atoms with Crippen LogP contribution < -0.4 is 5.32 Å². The van der Waals surface area contributed by atoms with Gasteiger partial charge < -0.3 is 15.3 Å². The highest BCUT2D eigenvalue weighted by Crippen LogP contribution is 2.25. The van der Waals surface area contributed by atoms with Crippen LogP contribution >= 0.6 is 0 Å². The van der Waals surface area contributed by atoms with Crippen LogP contribution in [0.25, 0.3) is 11.0 Å². The van der Waals surface area contributed by atoms with Crippen LogP contribution in [0.2, 0.25) is 0 Å². The van der Waals surface area contributed by atoms with Gasteiger partial charge in [-0.05, 0) is 0 Å². The van der Waals surface area contributed by atoms with Crippen LogP contribution in [0.5, 0.6) is 0 Å². The van der Waals surface area contributed by atoms with Crippen molar-refractivity contribution < 1.29 is 14.7 Å². The van der Waals surface area contributed by atoms with E-state index in [1.165, 1.54) is 11.1 Å². The zero-order valence-electron chi connectivity index (χ0n) is 12.1. The number of amides is 1. The standard InChI is InChI=1S/C13H17N5O3/c1-17(2)10(19)4-5-14-11-8-7-16-18(3)12(8)15-6-9(11)13(20)21/h6-7H,4-5H2,1-3H3,(H,14,15)(H,20,21). The summed E-state index contributed by atoms with van der Waals surface area (Å²) in [6.45, 7) is 0.339. The average Bonchev–Trinajstić information content (AvgIpc) is 2.80. The summed E-state index contributed by atoms with van der Waals surface area (Å²) in [6.07, 6.45) is 3.13. The molecular weight excluding hydrogens is 274 g/mol. The van der Waals surface area contributed by atoms with Crippen molar-refractivity contribution in [1.82, 2.24) is 19.7 Å². The Morgan fingerprint density at radius 3 is 2.71 bits per heavy atom. The first-order valence-corrected chi connectivity index (χ1v) is 6.40. The van der Waals surface area contributed by atoms with Crippen molar-refractivity contribution in [2.45, 2.75) is 6.42 Å². The number of carboxylic acids is 1. The van der Waals surface area contributed by atoms with Gasteiger partial charge in [-0.3, -0.25) is 9.48 Å². The summed E-state index contributed by atoms with van der Waals surface area (Å²) in [5, 5.41) is 17.0. The molecule has 0 spiro atoms. The van der Waals surface area contributed by atoms with E-state index >= 15 is 0 Å². The van der Waals surface area contributed by atoms with E-state index in [-0.39, 0.29) is 17.9 Å². The molecule has 0 fully saturated rings. The van der Waals surface area contributed by atoms with Gasteiger partial charge in [0.1, 0.15) is 5.56 Å². The van der Waals surface area contributed by atoms with Crippen molar-refractivity contribution in [2.24, 2.45) is 7.05 Å². The predicted octanol–water partition coefficient (Wildman–Crippen LogP) is 0.557. The number of aryl methyl sites for hydroxylation is 1. The van der Waals surface area contributed by atoms with Crippen molar-refractivity contribution in [3.8, 4) is 0 Å². The van der Waals surface area contributed by atoms with Crippen LogP contribution in [0.1, 0.15) is 16.8 Å². The summed E-state index contributed by atoms with van der Waals surface area (Å²) >= 11 is 0. The number of fused-ring (bicyclic) bond motifs is 1. The van der Waals surface area contributed by atoms with Crippen molar-refractivity contribution in [3.63, 3.8) is 0 Å². The predicted molar refractivity (Wildman–Crippen MR) is 77.3 cm³/mol. The van der Waals surface area contributed by atoms with Crippen molar-refractivity contribution in [1.29, 1.82) is 0 Å². The normalized spacial score (nSPS) is 10.6. The van der Waals surface area contributed by atoms with Gasteiger partial charge in [-0.2, -0.15) is 5.10 Å². The largest absolute Gasteiger partial charge is 0.478 e. The molecule has 0 bridgehead atoms.